The summed E-state index contributed by atoms with van der Waals surface area (Å²) in [5, 5.41) is 14.1. The van der Waals surface area contributed by atoms with Crippen LogP contribution in [0.4, 0.5) is 0 Å². The number of aromatic nitrogens is 5. The van der Waals surface area contributed by atoms with Crippen LogP contribution in [-0.2, 0) is 13.1 Å². The van der Waals surface area contributed by atoms with Gasteiger partial charge in [-0.1, -0.05) is 75.2 Å². The largest absolute Gasteiger partial charge is 0.321 e. The van der Waals surface area contributed by atoms with E-state index < -0.39 is 0 Å². The van der Waals surface area contributed by atoms with Gasteiger partial charge in [-0.05, 0) is 58.7 Å². The van der Waals surface area contributed by atoms with Crippen molar-refractivity contribution in [3.63, 3.8) is 0 Å². The van der Waals surface area contributed by atoms with Crippen molar-refractivity contribution in [1.29, 1.82) is 0 Å². The van der Waals surface area contributed by atoms with Gasteiger partial charge in [-0.25, -0.2) is 4.68 Å². The smallest absolute Gasteiger partial charge is 0.252 e. The van der Waals surface area contributed by atoms with E-state index in [1.54, 1.807) is 0 Å². The van der Waals surface area contributed by atoms with Crippen LogP contribution in [0.5, 0.6) is 0 Å². The number of H-pyrrole nitrogens is 1. The van der Waals surface area contributed by atoms with Gasteiger partial charge < -0.3 is 4.98 Å². The van der Waals surface area contributed by atoms with E-state index in [0.29, 0.717) is 19.1 Å². The monoisotopic (exact) mass is 470 g/mol. The third kappa shape index (κ3) is 4.91. The molecule has 0 saturated heterocycles. The van der Waals surface area contributed by atoms with Crippen molar-refractivity contribution < 1.29 is 0 Å². The number of aromatic amines is 1. The van der Waals surface area contributed by atoms with E-state index in [-0.39, 0.29) is 17.5 Å². The van der Waals surface area contributed by atoms with Crippen molar-refractivity contribution in [3.05, 3.63) is 87.5 Å². The molecular formula is C28H34N6O. The summed E-state index contributed by atoms with van der Waals surface area (Å²) in [6.45, 7) is 7.66. The van der Waals surface area contributed by atoms with Crippen LogP contribution >= 0.6 is 0 Å². The molecule has 0 bridgehead atoms. The van der Waals surface area contributed by atoms with Gasteiger partial charge in [-0.15, -0.1) is 5.10 Å². The van der Waals surface area contributed by atoms with E-state index >= 15 is 0 Å². The molecule has 5 rings (SSSR count). The Balaban J connectivity index is 1.56. The van der Waals surface area contributed by atoms with Crippen LogP contribution in [0.25, 0.3) is 10.9 Å². The lowest BCUT2D eigenvalue weighted by Gasteiger charge is -2.34. The first-order chi connectivity index (χ1) is 17.0. The summed E-state index contributed by atoms with van der Waals surface area (Å²) in [7, 11) is 0. The molecule has 0 amide bonds. The van der Waals surface area contributed by atoms with Gasteiger partial charge in [-0.3, -0.25) is 9.69 Å². The van der Waals surface area contributed by atoms with Gasteiger partial charge in [0.05, 0.1) is 17.6 Å². The lowest BCUT2D eigenvalue weighted by atomic mass is 9.99. The third-order valence-corrected chi connectivity index (χ3v) is 7.25. The zero-order chi connectivity index (χ0) is 24.4. The Hall–Kier alpha value is -3.32. The molecule has 0 radical (unpaired) electrons. The molecular weight excluding hydrogens is 436 g/mol. The molecule has 2 heterocycles. The van der Waals surface area contributed by atoms with E-state index in [2.05, 4.69) is 74.3 Å². The number of benzene rings is 2. The van der Waals surface area contributed by atoms with Gasteiger partial charge in [0.1, 0.15) is 0 Å². The molecule has 1 fully saturated rings. The number of rotatable bonds is 8. The van der Waals surface area contributed by atoms with Crippen LogP contribution in [0.2, 0.25) is 0 Å². The molecule has 0 aliphatic heterocycles. The summed E-state index contributed by atoms with van der Waals surface area (Å²) in [5.74, 6) is 1.16. The average Bonchev–Trinajstić information content (AvgIpc) is 3.53. The molecule has 1 atom stereocenters. The van der Waals surface area contributed by atoms with Crippen LogP contribution in [0.1, 0.15) is 74.1 Å². The molecule has 35 heavy (non-hydrogen) atoms. The maximum absolute atomic E-state index is 13.2. The van der Waals surface area contributed by atoms with E-state index in [9.17, 15) is 4.79 Å². The quantitative estimate of drug-likeness (QED) is 0.376. The Morgan fingerprint density at radius 3 is 2.57 bits per heavy atom. The number of hydrogen-bond donors (Lipinski definition) is 1. The predicted octanol–water partition coefficient (Wildman–Crippen LogP) is 5.34. The lowest BCUT2D eigenvalue weighted by molar-refractivity contribution is 0.123. The Kier molecular flexibility index (Phi) is 6.77. The predicted molar refractivity (Wildman–Crippen MR) is 138 cm³/mol. The number of aryl methyl sites for hydroxylation is 1. The molecule has 0 unspecified atom stereocenters. The lowest BCUT2D eigenvalue weighted by Crippen LogP contribution is -2.35. The summed E-state index contributed by atoms with van der Waals surface area (Å²) in [5.41, 5.74) is 3.89. The highest BCUT2D eigenvalue weighted by Crippen LogP contribution is 2.35. The summed E-state index contributed by atoms with van der Waals surface area (Å²) in [6.07, 6.45) is 4.67. The molecule has 2 aromatic heterocycles. The molecule has 7 nitrogen and oxygen atoms in total. The minimum Gasteiger partial charge on any atom is -0.321 e. The minimum absolute atomic E-state index is 0.0292. The highest BCUT2D eigenvalue weighted by atomic mass is 16.1. The van der Waals surface area contributed by atoms with Gasteiger partial charge in [0.15, 0.2) is 5.82 Å². The van der Waals surface area contributed by atoms with E-state index in [0.717, 1.165) is 40.7 Å². The topological polar surface area (TPSA) is 79.7 Å². The Bertz CT molecular complexity index is 1340. The maximum Gasteiger partial charge on any atom is 0.252 e. The number of para-hydroxylation sites is 1. The first kappa shape index (κ1) is 23.4. The first-order valence-corrected chi connectivity index (χ1v) is 12.7. The van der Waals surface area contributed by atoms with Crippen LogP contribution < -0.4 is 5.56 Å². The van der Waals surface area contributed by atoms with E-state index in [4.69, 9.17) is 0 Å². The maximum atomic E-state index is 13.2. The van der Waals surface area contributed by atoms with Gasteiger partial charge in [0.2, 0.25) is 0 Å². The molecule has 7 heteroatoms. The standard InChI is InChI=1S/C28H34N6O/c1-19(2)26(27-30-31-32-34(27)24-14-7-8-15-24)33(17-21-11-5-4-6-12-21)18-23-16-22-13-9-10-20(3)25(22)29-28(23)35/h4-6,9-13,16,19,24,26H,7-8,14-15,17-18H2,1-3H3,(H,29,35)/t26-/m0/s1. The summed E-state index contributed by atoms with van der Waals surface area (Å²) in [4.78, 5) is 18.7. The van der Waals surface area contributed by atoms with Crippen molar-refractivity contribution in [2.75, 3.05) is 0 Å². The summed E-state index contributed by atoms with van der Waals surface area (Å²) < 4.78 is 2.06. The van der Waals surface area contributed by atoms with Crippen LogP contribution in [0.15, 0.2) is 59.4 Å². The van der Waals surface area contributed by atoms with Crippen molar-refractivity contribution in [2.45, 2.75) is 71.6 Å². The van der Waals surface area contributed by atoms with Gasteiger partial charge in [-0.2, -0.15) is 0 Å². The molecule has 1 saturated carbocycles. The molecule has 1 aliphatic rings. The second-order valence-corrected chi connectivity index (χ2v) is 10.2. The second kappa shape index (κ2) is 10.1. The van der Waals surface area contributed by atoms with Crippen molar-refractivity contribution in [2.24, 2.45) is 5.92 Å². The van der Waals surface area contributed by atoms with Crippen LogP contribution in [0, 0.1) is 12.8 Å². The number of hydrogen-bond acceptors (Lipinski definition) is 5. The van der Waals surface area contributed by atoms with Crippen LogP contribution in [0.3, 0.4) is 0 Å². The summed E-state index contributed by atoms with van der Waals surface area (Å²) >= 11 is 0. The average molecular weight is 471 g/mol. The zero-order valence-corrected chi connectivity index (χ0v) is 20.8. The molecule has 0 spiro atoms. The van der Waals surface area contributed by atoms with Gasteiger partial charge >= 0.3 is 0 Å². The Morgan fingerprint density at radius 2 is 1.83 bits per heavy atom. The van der Waals surface area contributed by atoms with E-state index in [1.165, 1.54) is 18.4 Å². The normalized spacial score (nSPS) is 15.5. The first-order valence-electron chi connectivity index (χ1n) is 12.7. The molecule has 1 N–H and O–H groups in total. The summed E-state index contributed by atoms with van der Waals surface area (Å²) in [6, 6.07) is 18.9. The highest BCUT2D eigenvalue weighted by Gasteiger charge is 2.32. The van der Waals surface area contributed by atoms with Gasteiger partial charge in [0.25, 0.3) is 5.56 Å². The van der Waals surface area contributed by atoms with Gasteiger partial charge in [0, 0.05) is 18.7 Å². The minimum atomic E-state index is -0.0391. The fraction of sp³-hybridized carbons (Fsp3) is 0.429. The number of tetrazole rings is 1. The fourth-order valence-corrected chi connectivity index (χ4v) is 5.52. The third-order valence-electron chi connectivity index (χ3n) is 7.25. The SMILES string of the molecule is Cc1cccc2cc(CN(Cc3ccccc3)[C@H](c3nnnn3C3CCCC3)C(C)C)c(=O)[nH]c12. The molecule has 182 valence electrons. The fourth-order valence-electron chi connectivity index (χ4n) is 5.52. The number of nitrogens with zero attached hydrogens (tertiary/aromatic N) is 5. The van der Waals surface area contributed by atoms with Crippen molar-refractivity contribution in [3.8, 4) is 0 Å². The molecule has 1 aliphatic carbocycles. The van der Waals surface area contributed by atoms with E-state index in [1.807, 2.05) is 31.2 Å². The second-order valence-electron chi connectivity index (χ2n) is 10.2. The van der Waals surface area contributed by atoms with Crippen molar-refractivity contribution >= 4 is 10.9 Å². The van der Waals surface area contributed by atoms with Crippen molar-refractivity contribution in [1.82, 2.24) is 30.1 Å². The number of nitrogens with one attached hydrogen (secondary N) is 1. The molecule has 2 aromatic carbocycles. The number of pyridine rings is 1. The number of fused-ring (bicyclic) bond motifs is 1. The highest BCUT2D eigenvalue weighted by molar-refractivity contribution is 5.81. The van der Waals surface area contributed by atoms with Crippen LogP contribution in [-0.4, -0.2) is 30.1 Å². The Labute approximate surface area is 206 Å². The Morgan fingerprint density at radius 1 is 1.06 bits per heavy atom. The molecule has 4 aromatic rings. The zero-order valence-electron chi connectivity index (χ0n) is 20.8.